The third kappa shape index (κ3) is 5.96. The Morgan fingerprint density at radius 2 is 1.74 bits per heavy atom. The Morgan fingerprint density at radius 1 is 1.03 bits per heavy atom. The Morgan fingerprint density at radius 3 is 2.38 bits per heavy atom. The second kappa shape index (κ2) is 10.9. The number of hydrogen-bond donors (Lipinski definition) is 2. The van der Waals surface area contributed by atoms with E-state index in [1.807, 2.05) is 13.8 Å². The fourth-order valence-electron chi connectivity index (χ4n) is 2.96. The van der Waals surface area contributed by atoms with Crippen LogP contribution in [0, 0.1) is 0 Å². The summed E-state index contributed by atoms with van der Waals surface area (Å²) in [6.07, 6.45) is 2.32. The number of carbonyl (C=O) groups excluding carboxylic acids is 1. The van der Waals surface area contributed by atoms with Gasteiger partial charge in [0, 0.05) is 24.0 Å². The molecule has 0 radical (unpaired) electrons. The molecule has 34 heavy (non-hydrogen) atoms. The number of benzene rings is 2. The molecule has 0 saturated heterocycles. The minimum Gasteiger partial charge on any atom is -0.497 e. The van der Waals surface area contributed by atoms with Gasteiger partial charge in [-0.25, -0.2) is 13.4 Å². The number of aromatic nitrogens is 1. The van der Waals surface area contributed by atoms with Gasteiger partial charge in [0.05, 0.1) is 14.2 Å². The highest BCUT2D eigenvalue weighted by Crippen LogP contribution is 2.30. The first-order chi connectivity index (χ1) is 16.3. The predicted octanol–water partition coefficient (Wildman–Crippen LogP) is 4.22. The molecule has 1 atom stereocenters. The quantitative estimate of drug-likeness (QED) is 0.442. The Labute approximate surface area is 199 Å². The number of amides is 1. The highest BCUT2D eigenvalue weighted by molar-refractivity contribution is 7.92. The SMILES string of the molecule is CC[C@H](C)NC(=O)c1cccnc1Oc1ccc(NS(=O)(=O)c2cc(OC)ccc2OC)cc1. The molecule has 2 N–H and O–H groups in total. The third-order valence-corrected chi connectivity index (χ3v) is 6.39. The van der Waals surface area contributed by atoms with Crippen molar-refractivity contribution in [2.75, 3.05) is 18.9 Å². The van der Waals surface area contributed by atoms with Crippen LogP contribution in [0.5, 0.6) is 23.1 Å². The summed E-state index contributed by atoms with van der Waals surface area (Å²) in [6.45, 7) is 3.89. The number of anilines is 1. The number of rotatable bonds is 10. The molecule has 0 aliphatic carbocycles. The lowest BCUT2D eigenvalue weighted by Gasteiger charge is -2.14. The van der Waals surface area contributed by atoms with Crippen LogP contribution in [0.2, 0.25) is 0 Å². The number of methoxy groups -OCH3 is 2. The summed E-state index contributed by atoms with van der Waals surface area (Å²) in [5.41, 5.74) is 0.616. The Balaban J connectivity index is 1.78. The van der Waals surface area contributed by atoms with Crippen LogP contribution in [-0.4, -0.2) is 39.6 Å². The van der Waals surface area contributed by atoms with Gasteiger partial charge in [-0.2, -0.15) is 0 Å². The Kier molecular flexibility index (Phi) is 7.95. The highest BCUT2D eigenvalue weighted by Gasteiger charge is 2.21. The largest absolute Gasteiger partial charge is 0.497 e. The van der Waals surface area contributed by atoms with Gasteiger partial charge in [-0.05, 0) is 61.9 Å². The van der Waals surface area contributed by atoms with Gasteiger partial charge < -0.3 is 19.5 Å². The van der Waals surface area contributed by atoms with Crippen LogP contribution >= 0.6 is 0 Å². The molecule has 0 spiro atoms. The Bertz CT molecular complexity index is 1250. The van der Waals surface area contributed by atoms with Crippen LogP contribution in [0.3, 0.4) is 0 Å². The van der Waals surface area contributed by atoms with Gasteiger partial charge in [-0.15, -0.1) is 0 Å². The molecular weight excluding hydrogens is 458 g/mol. The van der Waals surface area contributed by atoms with Crippen LogP contribution in [0.25, 0.3) is 0 Å². The molecule has 3 aromatic rings. The summed E-state index contributed by atoms with van der Waals surface area (Å²) < 4.78 is 44.5. The fourth-order valence-corrected chi connectivity index (χ4v) is 4.20. The maximum atomic E-state index is 12.9. The van der Waals surface area contributed by atoms with Crippen molar-refractivity contribution < 1.29 is 27.4 Å². The molecule has 1 heterocycles. The number of nitrogens with zero attached hydrogens (tertiary/aromatic N) is 1. The van der Waals surface area contributed by atoms with Crippen molar-refractivity contribution in [2.45, 2.75) is 31.2 Å². The van der Waals surface area contributed by atoms with Crippen molar-refractivity contribution in [1.82, 2.24) is 10.3 Å². The van der Waals surface area contributed by atoms with Crippen LogP contribution < -0.4 is 24.2 Å². The van der Waals surface area contributed by atoms with E-state index in [0.717, 1.165) is 6.42 Å². The van der Waals surface area contributed by atoms with Crippen molar-refractivity contribution in [2.24, 2.45) is 0 Å². The Hall–Kier alpha value is -3.79. The molecule has 0 aliphatic rings. The fraction of sp³-hybridized carbons (Fsp3) is 0.250. The van der Waals surface area contributed by atoms with Crippen molar-refractivity contribution in [3.05, 3.63) is 66.4 Å². The van der Waals surface area contributed by atoms with Crippen molar-refractivity contribution >= 4 is 21.6 Å². The molecule has 9 nitrogen and oxygen atoms in total. The van der Waals surface area contributed by atoms with E-state index in [1.165, 1.54) is 32.5 Å². The van der Waals surface area contributed by atoms with Gasteiger partial charge in [0.15, 0.2) is 0 Å². The minimum absolute atomic E-state index is 0.0102. The lowest BCUT2D eigenvalue weighted by molar-refractivity contribution is 0.0936. The number of pyridine rings is 1. The topological polar surface area (TPSA) is 116 Å². The minimum atomic E-state index is -3.95. The number of sulfonamides is 1. The first-order valence-corrected chi connectivity index (χ1v) is 12.0. The summed E-state index contributed by atoms with van der Waals surface area (Å²) >= 11 is 0. The van der Waals surface area contributed by atoms with Crippen LogP contribution in [0.15, 0.2) is 65.7 Å². The second-order valence-corrected chi connectivity index (χ2v) is 9.04. The molecule has 0 bridgehead atoms. The summed E-state index contributed by atoms with van der Waals surface area (Å²) in [5, 5.41) is 2.89. The summed E-state index contributed by atoms with van der Waals surface area (Å²) in [7, 11) is -1.11. The van der Waals surface area contributed by atoms with Crippen LogP contribution in [-0.2, 0) is 10.0 Å². The average molecular weight is 486 g/mol. The molecule has 0 fully saturated rings. The van der Waals surface area contributed by atoms with Gasteiger partial charge in [-0.3, -0.25) is 9.52 Å². The molecule has 0 aliphatic heterocycles. The lowest BCUT2D eigenvalue weighted by Crippen LogP contribution is -2.32. The zero-order valence-electron chi connectivity index (χ0n) is 19.4. The second-order valence-electron chi connectivity index (χ2n) is 7.39. The molecule has 3 rings (SSSR count). The summed E-state index contributed by atoms with van der Waals surface area (Å²) in [4.78, 5) is 16.7. The number of hydrogen-bond acceptors (Lipinski definition) is 7. The molecule has 1 amide bonds. The van der Waals surface area contributed by atoms with E-state index >= 15 is 0 Å². The number of carbonyl (C=O) groups is 1. The van der Waals surface area contributed by atoms with Gasteiger partial charge in [0.25, 0.3) is 15.9 Å². The highest BCUT2D eigenvalue weighted by atomic mass is 32.2. The summed E-state index contributed by atoms with van der Waals surface area (Å²) in [5.74, 6) is 0.824. The van der Waals surface area contributed by atoms with Gasteiger partial charge in [0.2, 0.25) is 5.88 Å². The van der Waals surface area contributed by atoms with E-state index < -0.39 is 10.0 Å². The molecule has 0 saturated carbocycles. The third-order valence-electron chi connectivity index (χ3n) is 4.99. The molecule has 180 valence electrons. The van der Waals surface area contributed by atoms with E-state index in [2.05, 4.69) is 15.0 Å². The van der Waals surface area contributed by atoms with E-state index in [1.54, 1.807) is 42.5 Å². The average Bonchev–Trinajstić information content (AvgIpc) is 2.84. The molecule has 0 unspecified atom stereocenters. The van der Waals surface area contributed by atoms with Gasteiger partial charge in [-0.1, -0.05) is 6.92 Å². The normalized spacial score (nSPS) is 11.9. The lowest BCUT2D eigenvalue weighted by atomic mass is 10.2. The molecule has 1 aromatic heterocycles. The standard InChI is InChI=1S/C24H27N3O6S/c1-5-16(2)26-23(28)20-7-6-14-25-24(20)33-18-10-8-17(9-11-18)27-34(29,30)22-15-19(31-3)12-13-21(22)32-4/h6-16,27H,5H2,1-4H3,(H,26,28)/t16-/m0/s1. The van der Waals surface area contributed by atoms with E-state index in [4.69, 9.17) is 14.2 Å². The number of ether oxygens (including phenoxy) is 3. The zero-order chi connectivity index (χ0) is 24.7. The molecular formula is C24H27N3O6S. The van der Waals surface area contributed by atoms with Crippen LogP contribution in [0.1, 0.15) is 30.6 Å². The molecule has 2 aromatic carbocycles. The maximum absolute atomic E-state index is 12.9. The van der Waals surface area contributed by atoms with Crippen molar-refractivity contribution in [1.29, 1.82) is 0 Å². The van der Waals surface area contributed by atoms with Gasteiger partial charge >= 0.3 is 0 Å². The monoisotopic (exact) mass is 485 g/mol. The first kappa shape index (κ1) is 24.8. The smallest absolute Gasteiger partial charge is 0.265 e. The zero-order valence-corrected chi connectivity index (χ0v) is 20.2. The molecule has 10 heteroatoms. The maximum Gasteiger partial charge on any atom is 0.265 e. The van der Waals surface area contributed by atoms with Crippen molar-refractivity contribution in [3.8, 4) is 23.1 Å². The van der Waals surface area contributed by atoms with Crippen LogP contribution in [0.4, 0.5) is 5.69 Å². The van der Waals surface area contributed by atoms with E-state index in [9.17, 15) is 13.2 Å². The van der Waals surface area contributed by atoms with Crippen molar-refractivity contribution in [3.63, 3.8) is 0 Å². The van der Waals surface area contributed by atoms with Gasteiger partial charge in [0.1, 0.15) is 27.7 Å². The predicted molar refractivity (Wildman–Crippen MR) is 128 cm³/mol. The number of nitrogens with one attached hydrogen (secondary N) is 2. The van der Waals surface area contributed by atoms with E-state index in [0.29, 0.717) is 22.7 Å². The first-order valence-electron chi connectivity index (χ1n) is 10.6. The summed E-state index contributed by atoms with van der Waals surface area (Å²) in [6, 6.07) is 14.0. The van der Waals surface area contributed by atoms with E-state index in [-0.39, 0.29) is 28.5 Å².